The van der Waals surface area contributed by atoms with Crippen molar-refractivity contribution in [3.05, 3.63) is 23.8 Å². The first-order valence-electron chi connectivity index (χ1n) is 8.55. The number of nitriles is 1. The molecule has 7 heteroatoms. The van der Waals surface area contributed by atoms with E-state index in [1.54, 1.807) is 14.2 Å². The standard InChI is InChI=1S/C19H22N4O2S/c1-24-15-9-8-12(10-16(15)25-2)17-14(11-20)18(23-19(22-17)26-3)21-13-6-4-5-7-13/h8-10,13H,4-7H2,1-3H3,(H,21,22,23). The minimum Gasteiger partial charge on any atom is -0.493 e. The molecule has 2 aromatic rings. The van der Waals surface area contributed by atoms with Crippen LogP contribution in [0.3, 0.4) is 0 Å². The Labute approximate surface area is 157 Å². The first kappa shape index (κ1) is 18.3. The molecule has 0 unspecified atom stereocenters. The van der Waals surface area contributed by atoms with Crippen LogP contribution in [0, 0.1) is 11.3 Å². The summed E-state index contributed by atoms with van der Waals surface area (Å²) in [5.74, 6) is 1.85. The Bertz CT molecular complexity index is 829. The molecule has 0 saturated heterocycles. The third kappa shape index (κ3) is 3.70. The van der Waals surface area contributed by atoms with Crippen molar-refractivity contribution in [3.8, 4) is 28.8 Å². The van der Waals surface area contributed by atoms with Crippen molar-refractivity contribution in [2.45, 2.75) is 36.9 Å². The van der Waals surface area contributed by atoms with E-state index < -0.39 is 0 Å². The third-order valence-corrected chi connectivity index (χ3v) is 5.08. The first-order valence-corrected chi connectivity index (χ1v) is 9.77. The van der Waals surface area contributed by atoms with Crippen LogP contribution in [0.2, 0.25) is 0 Å². The van der Waals surface area contributed by atoms with Gasteiger partial charge in [0.1, 0.15) is 17.5 Å². The maximum absolute atomic E-state index is 9.79. The molecule has 1 N–H and O–H groups in total. The molecular weight excluding hydrogens is 348 g/mol. The lowest BCUT2D eigenvalue weighted by molar-refractivity contribution is 0.355. The van der Waals surface area contributed by atoms with Gasteiger partial charge in [-0.1, -0.05) is 24.6 Å². The molecule has 0 radical (unpaired) electrons. The van der Waals surface area contributed by atoms with E-state index in [0.29, 0.717) is 39.8 Å². The van der Waals surface area contributed by atoms with Gasteiger partial charge in [-0.05, 0) is 37.3 Å². The summed E-state index contributed by atoms with van der Waals surface area (Å²) >= 11 is 1.46. The third-order valence-electron chi connectivity index (χ3n) is 4.54. The van der Waals surface area contributed by atoms with Gasteiger partial charge < -0.3 is 14.8 Å². The van der Waals surface area contributed by atoms with E-state index in [0.717, 1.165) is 18.4 Å². The fourth-order valence-corrected chi connectivity index (χ4v) is 3.56. The average Bonchev–Trinajstić information content (AvgIpc) is 3.19. The van der Waals surface area contributed by atoms with Crippen LogP contribution < -0.4 is 14.8 Å². The van der Waals surface area contributed by atoms with Crippen LogP contribution in [-0.2, 0) is 0 Å². The normalized spacial score (nSPS) is 14.1. The molecule has 1 fully saturated rings. The maximum Gasteiger partial charge on any atom is 0.189 e. The fraction of sp³-hybridized carbons (Fsp3) is 0.421. The van der Waals surface area contributed by atoms with Gasteiger partial charge in [0.05, 0.1) is 19.9 Å². The van der Waals surface area contributed by atoms with Crippen molar-refractivity contribution < 1.29 is 9.47 Å². The number of thioether (sulfide) groups is 1. The molecular formula is C19H22N4O2S. The molecule has 1 saturated carbocycles. The van der Waals surface area contributed by atoms with Crippen molar-refractivity contribution in [2.75, 3.05) is 25.8 Å². The molecule has 1 aliphatic rings. The Balaban J connectivity index is 2.09. The van der Waals surface area contributed by atoms with Crippen molar-refractivity contribution in [1.29, 1.82) is 5.26 Å². The quantitative estimate of drug-likeness (QED) is 0.605. The summed E-state index contributed by atoms with van der Waals surface area (Å²) in [7, 11) is 3.19. The van der Waals surface area contributed by atoms with Gasteiger partial charge in [0.2, 0.25) is 0 Å². The molecule has 3 rings (SSSR count). The smallest absolute Gasteiger partial charge is 0.189 e. The highest BCUT2D eigenvalue weighted by Crippen LogP contribution is 2.35. The van der Waals surface area contributed by atoms with Crippen LogP contribution >= 0.6 is 11.8 Å². The highest BCUT2D eigenvalue weighted by Gasteiger charge is 2.21. The number of methoxy groups -OCH3 is 2. The van der Waals surface area contributed by atoms with E-state index in [-0.39, 0.29) is 0 Å². The molecule has 0 spiro atoms. The summed E-state index contributed by atoms with van der Waals surface area (Å²) in [6.45, 7) is 0. The second-order valence-electron chi connectivity index (χ2n) is 6.09. The minimum atomic E-state index is 0.366. The number of rotatable bonds is 6. The predicted molar refractivity (Wildman–Crippen MR) is 103 cm³/mol. The van der Waals surface area contributed by atoms with Gasteiger partial charge in [0.15, 0.2) is 16.7 Å². The summed E-state index contributed by atoms with van der Waals surface area (Å²) in [6, 6.07) is 8.19. The number of aromatic nitrogens is 2. The molecule has 0 aliphatic heterocycles. The molecule has 0 bridgehead atoms. The van der Waals surface area contributed by atoms with Crippen molar-refractivity contribution in [1.82, 2.24) is 9.97 Å². The predicted octanol–water partition coefficient (Wildman–Crippen LogP) is 4.11. The van der Waals surface area contributed by atoms with Gasteiger partial charge in [-0.3, -0.25) is 0 Å². The number of hydrogen-bond acceptors (Lipinski definition) is 7. The van der Waals surface area contributed by atoms with Crippen LogP contribution in [0.5, 0.6) is 11.5 Å². The summed E-state index contributed by atoms with van der Waals surface area (Å²) in [5.41, 5.74) is 1.86. The van der Waals surface area contributed by atoms with Gasteiger partial charge in [0.25, 0.3) is 0 Å². The molecule has 136 valence electrons. The number of hydrogen-bond donors (Lipinski definition) is 1. The lowest BCUT2D eigenvalue weighted by Crippen LogP contribution is -2.17. The molecule has 1 aromatic heterocycles. The second kappa shape index (κ2) is 8.28. The van der Waals surface area contributed by atoms with Crippen molar-refractivity contribution in [3.63, 3.8) is 0 Å². The Morgan fingerprint density at radius 3 is 2.50 bits per heavy atom. The lowest BCUT2D eigenvalue weighted by Gasteiger charge is -2.17. The largest absolute Gasteiger partial charge is 0.493 e. The van der Waals surface area contributed by atoms with Gasteiger partial charge >= 0.3 is 0 Å². The number of anilines is 1. The molecule has 6 nitrogen and oxygen atoms in total. The van der Waals surface area contributed by atoms with Crippen LogP contribution in [-0.4, -0.2) is 36.5 Å². The highest BCUT2D eigenvalue weighted by atomic mass is 32.2. The zero-order valence-electron chi connectivity index (χ0n) is 15.2. The SMILES string of the molecule is COc1ccc(-c2nc(SC)nc(NC3CCCC3)c2C#N)cc1OC. The Kier molecular flexibility index (Phi) is 5.84. The summed E-state index contributed by atoms with van der Waals surface area (Å²) in [5, 5.41) is 13.9. The Morgan fingerprint density at radius 2 is 1.88 bits per heavy atom. The second-order valence-corrected chi connectivity index (χ2v) is 6.86. The van der Waals surface area contributed by atoms with Crippen molar-refractivity contribution >= 4 is 17.6 Å². The van der Waals surface area contributed by atoms with E-state index in [1.807, 2.05) is 24.5 Å². The van der Waals surface area contributed by atoms with Crippen LogP contribution in [0.25, 0.3) is 11.3 Å². The average molecular weight is 370 g/mol. The van der Waals surface area contributed by atoms with Crippen LogP contribution in [0.4, 0.5) is 5.82 Å². The molecule has 0 amide bonds. The van der Waals surface area contributed by atoms with Crippen molar-refractivity contribution in [2.24, 2.45) is 0 Å². The van der Waals surface area contributed by atoms with Gasteiger partial charge in [-0.25, -0.2) is 9.97 Å². The number of benzene rings is 1. The number of nitrogens with one attached hydrogen (secondary N) is 1. The maximum atomic E-state index is 9.79. The zero-order chi connectivity index (χ0) is 18.5. The Morgan fingerprint density at radius 1 is 1.15 bits per heavy atom. The summed E-state index contributed by atoms with van der Waals surface area (Å²) < 4.78 is 10.7. The molecule has 1 aliphatic carbocycles. The van der Waals surface area contributed by atoms with E-state index in [9.17, 15) is 5.26 Å². The van der Waals surface area contributed by atoms with Gasteiger partial charge in [-0.15, -0.1) is 0 Å². The molecule has 26 heavy (non-hydrogen) atoms. The fourth-order valence-electron chi connectivity index (χ4n) is 3.20. The molecule has 1 aromatic carbocycles. The molecule has 0 atom stereocenters. The van der Waals surface area contributed by atoms with E-state index in [2.05, 4.69) is 21.4 Å². The highest BCUT2D eigenvalue weighted by molar-refractivity contribution is 7.98. The summed E-state index contributed by atoms with van der Waals surface area (Å²) in [6.07, 6.45) is 6.56. The van der Waals surface area contributed by atoms with E-state index in [1.165, 1.54) is 24.6 Å². The number of ether oxygens (including phenoxy) is 2. The topological polar surface area (TPSA) is 80.1 Å². The number of nitrogens with zero attached hydrogens (tertiary/aromatic N) is 3. The first-order chi connectivity index (χ1) is 12.7. The van der Waals surface area contributed by atoms with E-state index in [4.69, 9.17) is 9.47 Å². The van der Waals surface area contributed by atoms with Crippen LogP contribution in [0.15, 0.2) is 23.4 Å². The lowest BCUT2D eigenvalue weighted by atomic mass is 10.1. The molecule has 1 heterocycles. The minimum absolute atomic E-state index is 0.366. The Hall–Kier alpha value is -2.46. The van der Waals surface area contributed by atoms with Gasteiger partial charge in [-0.2, -0.15) is 5.26 Å². The monoisotopic (exact) mass is 370 g/mol. The van der Waals surface area contributed by atoms with Gasteiger partial charge in [0, 0.05) is 11.6 Å². The zero-order valence-corrected chi connectivity index (χ0v) is 16.0. The van der Waals surface area contributed by atoms with E-state index >= 15 is 0 Å². The van der Waals surface area contributed by atoms with Crippen LogP contribution in [0.1, 0.15) is 31.2 Å². The summed E-state index contributed by atoms with van der Waals surface area (Å²) in [4.78, 5) is 9.14.